The first-order chi connectivity index (χ1) is 9.84. The van der Waals surface area contributed by atoms with Gasteiger partial charge in [0.2, 0.25) is 0 Å². The predicted octanol–water partition coefficient (Wildman–Crippen LogP) is 2.89. The molecule has 1 aromatic carbocycles. The van der Waals surface area contributed by atoms with E-state index in [2.05, 4.69) is 34.6 Å². The van der Waals surface area contributed by atoms with E-state index < -0.39 is 5.41 Å². The fourth-order valence-electron chi connectivity index (χ4n) is 2.78. The van der Waals surface area contributed by atoms with E-state index in [9.17, 15) is 5.26 Å². The fourth-order valence-corrected chi connectivity index (χ4v) is 2.78. The molecule has 1 N–H and O–H groups in total. The molecule has 3 heteroatoms. The number of pyridine rings is 1. The maximum Gasteiger partial charge on any atom is 0.102 e. The van der Waals surface area contributed by atoms with Gasteiger partial charge in [0, 0.05) is 6.20 Å². The second-order valence-electron chi connectivity index (χ2n) is 5.24. The number of nitrogens with zero attached hydrogens (tertiary/aromatic N) is 2. The molecule has 2 aromatic rings. The van der Waals surface area contributed by atoms with Crippen molar-refractivity contribution in [1.29, 1.82) is 5.26 Å². The summed E-state index contributed by atoms with van der Waals surface area (Å²) in [6.45, 7) is 1.76. The highest BCUT2D eigenvalue weighted by molar-refractivity contribution is 5.63. The third-order valence-electron chi connectivity index (χ3n) is 4.03. The molecule has 1 aliphatic heterocycles. The molecule has 1 aromatic heterocycles. The molecule has 3 rings (SSSR count). The Morgan fingerprint density at radius 3 is 2.50 bits per heavy atom. The Kier molecular flexibility index (Phi) is 3.49. The second kappa shape index (κ2) is 5.44. The van der Waals surface area contributed by atoms with Gasteiger partial charge in [0.1, 0.15) is 5.41 Å². The number of nitrogens with one attached hydrogen (secondary N) is 1. The Morgan fingerprint density at radius 1 is 1.05 bits per heavy atom. The minimum absolute atomic E-state index is 0.434. The third-order valence-corrected chi connectivity index (χ3v) is 4.03. The summed E-state index contributed by atoms with van der Waals surface area (Å²) in [6, 6.07) is 16.8. The van der Waals surface area contributed by atoms with Crippen LogP contribution in [0.2, 0.25) is 0 Å². The van der Waals surface area contributed by atoms with Crippen LogP contribution in [0, 0.1) is 11.3 Å². The Bertz CT molecular complexity index is 622. The zero-order valence-electron chi connectivity index (χ0n) is 11.3. The molecule has 0 aliphatic carbocycles. The summed E-state index contributed by atoms with van der Waals surface area (Å²) in [7, 11) is 0. The standard InChI is InChI=1S/C17H17N3/c18-13-17(7-10-19-11-8-17)16-12-15(6-9-20-16)14-4-2-1-3-5-14/h1-6,9,12,19H,7-8,10-11H2. The van der Waals surface area contributed by atoms with Crippen LogP contribution in [-0.4, -0.2) is 18.1 Å². The molecule has 3 nitrogen and oxygen atoms in total. The fraction of sp³-hybridized carbons (Fsp3) is 0.294. The molecular weight excluding hydrogens is 246 g/mol. The van der Waals surface area contributed by atoms with Gasteiger partial charge < -0.3 is 5.32 Å². The zero-order valence-corrected chi connectivity index (χ0v) is 11.3. The summed E-state index contributed by atoms with van der Waals surface area (Å²) in [6.07, 6.45) is 3.47. The van der Waals surface area contributed by atoms with Gasteiger partial charge in [-0.1, -0.05) is 30.3 Å². The molecule has 20 heavy (non-hydrogen) atoms. The van der Waals surface area contributed by atoms with Crippen LogP contribution in [0.1, 0.15) is 18.5 Å². The van der Waals surface area contributed by atoms with Crippen molar-refractivity contribution in [3.8, 4) is 17.2 Å². The molecule has 0 atom stereocenters. The molecule has 1 aliphatic rings. The number of benzene rings is 1. The van der Waals surface area contributed by atoms with Crippen molar-refractivity contribution >= 4 is 0 Å². The lowest BCUT2D eigenvalue weighted by Crippen LogP contribution is -2.39. The van der Waals surface area contributed by atoms with Gasteiger partial charge in [-0.25, -0.2) is 0 Å². The molecule has 0 spiro atoms. The van der Waals surface area contributed by atoms with Gasteiger partial charge >= 0.3 is 0 Å². The summed E-state index contributed by atoms with van der Waals surface area (Å²) < 4.78 is 0. The number of hydrogen-bond donors (Lipinski definition) is 1. The number of aromatic nitrogens is 1. The lowest BCUT2D eigenvalue weighted by atomic mass is 9.77. The van der Waals surface area contributed by atoms with Crippen molar-refractivity contribution in [1.82, 2.24) is 10.3 Å². The molecule has 0 saturated carbocycles. The summed E-state index contributed by atoms with van der Waals surface area (Å²) in [5.41, 5.74) is 2.76. The number of nitriles is 1. The maximum atomic E-state index is 9.64. The van der Waals surface area contributed by atoms with Crippen molar-refractivity contribution in [2.75, 3.05) is 13.1 Å². The second-order valence-corrected chi connectivity index (χ2v) is 5.24. The molecule has 1 saturated heterocycles. The van der Waals surface area contributed by atoms with Gasteiger partial charge in [0.15, 0.2) is 0 Å². The molecule has 0 unspecified atom stereocenters. The SMILES string of the molecule is N#CC1(c2cc(-c3ccccc3)ccn2)CCNCC1. The highest BCUT2D eigenvalue weighted by Gasteiger charge is 2.35. The van der Waals surface area contributed by atoms with E-state index in [0.717, 1.165) is 42.8 Å². The highest BCUT2D eigenvalue weighted by atomic mass is 14.9. The van der Waals surface area contributed by atoms with Crippen LogP contribution in [0.15, 0.2) is 48.7 Å². The maximum absolute atomic E-state index is 9.64. The first-order valence-electron chi connectivity index (χ1n) is 6.98. The van der Waals surface area contributed by atoms with E-state index in [0.29, 0.717) is 0 Å². The Balaban J connectivity index is 2.01. The minimum atomic E-state index is -0.434. The Morgan fingerprint density at radius 2 is 1.80 bits per heavy atom. The summed E-state index contributed by atoms with van der Waals surface area (Å²) in [5, 5.41) is 12.9. The van der Waals surface area contributed by atoms with Gasteiger partial charge in [-0.3, -0.25) is 4.98 Å². The van der Waals surface area contributed by atoms with Crippen LogP contribution in [0.25, 0.3) is 11.1 Å². The van der Waals surface area contributed by atoms with Crippen LogP contribution < -0.4 is 5.32 Å². The lowest BCUT2D eigenvalue weighted by Gasteiger charge is -2.30. The zero-order chi connectivity index (χ0) is 13.8. The van der Waals surface area contributed by atoms with Gasteiger partial charge in [0.05, 0.1) is 11.8 Å². The average molecular weight is 263 g/mol. The van der Waals surface area contributed by atoms with E-state index in [1.165, 1.54) is 0 Å². The summed E-state index contributed by atoms with van der Waals surface area (Å²) in [5.74, 6) is 0. The molecule has 0 bridgehead atoms. The van der Waals surface area contributed by atoms with Gasteiger partial charge in [-0.2, -0.15) is 5.26 Å². The first kappa shape index (κ1) is 12.8. The van der Waals surface area contributed by atoms with Crippen molar-refractivity contribution in [3.63, 3.8) is 0 Å². The number of rotatable bonds is 2. The normalized spacial score (nSPS) is 17.4. The number of piperidine rings is 1. The minimum Gasteiger partial charge on any atom is -0.317 e. The van der Waals surface area contributed by atoms with Crippen LogP contribution in [0.5, 0.6) is 0 Å². The van der Waals surface area contributed by atoms with Crippen molar-refractivity contribution in [2.45, 2.75) is 18.3 Å². The van der Waals surface area contributed by atoms with E-state index in [1.807, 2.05) is 30.5 Å². The van der Waals surface area contributed by atoms with Crippen LogP contribution in [0.4, 0.5) is 0 Å². The first-order valence-corrected chi connectivity index (χ1v) is 6.98. The van der Waals surface area contributed by atoms with Crippen LogP contribution >= 0.6 is 0 Å². The van der Waals surface area contributed by atoms with Gasteiger partial charge in [-0.15, -0.1) is 0 Å². The Labute approximate surface area is 119 Å². The summed E-state index contributed by atoms with van der Waals surface area (Å²) in [4.78, 5) is 4.48. The third kappa shape index (κ3) is 2.31. The highest BCUT2D eigenvalue weighted by Crippen LogP contribution is 2.33. The van der Waals surface area contributed by atoms with E-state index in [1.54, 1.807) is 0 Å². The number of hydrogen-bond acceptors (Lipinski definition) is 3. The van der Waals surface area contributed by atoms with Gasteiger partial charge in [0.25, 0.3) is 0 Å². The van der Waals surface area contributed by atoms with E-state index in [4.69, 9.17) is 0 Å². The topological polar surface area (TPSA) is 48.7 Å². The van der Waals surface area contributed by atoms with Crippen molar-refractivity contribution in [3.05, 3.63) is 54.4 Å². The van der Waals surface area contributed by atoms with Crippen LogP contribution in [-0.2, 0) is 5.41 Å². The molecule has 1 fully saturated rings. The predicted molar refractivity (Wildman–Crippen MR) is 79.1 cm³/mol. The largest absolute Gasteiger partial charge is 0.317 e. The van der Waals surface area contributed by atoms with Gasteiger partial charge in [-0.05, 0) is 49.2 Å². The van der Waals surface area contributed by atoms with Crippen molar-refractivity contribution < 1.29 is 0 Å². The van der Waals surface area contributed by atoms with Crippen LogP contribution in [0.3, 0.4) is 0 Å². The molecular formula is C17H17N3. The van der Waals surface area contributed by atoms with Crippen molar-refractivity contribution in [2.24, 2.45) is 0 Å². The smallest absolute Gasteiger partial charge is 0.102 e. The summed E-state index contributed by atoms with van der Waals surface area (Å²) >= 11 is 0. The molecule has 0 radical (unpaired) electrons. The monoisotopic (exact) mass is 263 g/mol. The Hall–Kier alpha value is -2.18. The van der Waals surface area contributed by atoms with E-state index >= 15 is 0 Å². The molecule has 0 amide bonds. The van der Waals surface area contributed by atoms with E-state index in [-0.39, 0.29) is 0 Å². The molecule has 2 heterocycles. The quantitative estimate of drug-likeness (QED) is 0.906. The molecule has 100 valence electrons. The average Bonchev–Trinajstić information content (AvgIpc) is 2.56. The lowest BCUT2D eigenvalue weighted by molar-refractivity contribution is 0.375.